The van der Waals surface area contributed by atoms with Gasteiger partial charge in [0.15, 0.2) is 0 Å². The van der Waals surface area contributed by atoms with Crippen LogP contribution in [0.4, 0.5) is 0 Å². The van der Waals surface area contributed by atoms with Crippen LogP contribution in [0.2, 0.25) is 0 Å². The van der Waals surface area contributed by atoms with E-state index in [2.05, 4.69) is 54.6 Å². The average Bonchev–Trinajstić information content (AvgIpc) is 2.50. The molecule has 2 aromatic rings. The first-order chi connectivity index (χ1) is 9.76. The van der Waals surface area contributed by atoms with Gasteiger partial charge in [-0.05, 0) is 36.4 Å². The van der Waals surface area contributed by atoms with Crippen molar-refractivity contribution in [1.82, 2.24) is 4.98 Å². The molecule has 0 fully saturated rings. The second-order valence-corrected chi connectivity index (χ2v) is 5.63. The number of ether oxygens (including phenoxy) is 1. The van der Waals surface area contributed by atoms with E-state index in [1.807, 2.05) is 0 Å². The number of pyridine rings is 1. The molecule has 0 aliphatic heterocycles. The number of benzene rings is 1. The summed E-state index contributed by atoms with van der Waals surface area (Å²) in [6, 6.07) is 12.9. The Morgan fingerprint density at radius 2 is 1.85 bits per heavy atom. The Bertz CT molecular complexity index is 551. The Balaban J connectivity index is 2.16. The Kier molecular flexibility index (Phi) is 5.48. The van der Waals surface area contributed by atoms with Gasteiger partial charge >= 0.3 is 0 Å². The molecular formula is C17H21NOS. The standard InChI is InChI=1S/C17H21NOS/c1-4-5-14-8-9-15(18-17(14)19-2)12-13-6-10-16(20-3)11-7-13/h6-11H,4-5,12H2,1-3H3. The highest BCUT2D eigenvalue weighted by Crippen LogP contribution is 2.20. The van der Waals surface area contributed by atoms with Gasteiger partial charge in [-0.25, -0.2) is 4.98 Å². The number of hydrogen-bond donors (Lipinski definition) is 0. The first-order valence-electron chi connectivity index (χ1n) is 6.92. The molecule has 0 spiro atoms. The number of nitrogens with zero attached hydrogens (tertiary/aromatic N) is 1. The number of methoxy groups -OCH3 is 1. The number of aryl methyl sites for hydroxylation is 1. The van der Waals surface area contributed by atoms with Crippen LogP contribution in [0.5, 0.6) is 5.88 Å². The van der Waals surface area contributed by atoms with Crippen LogP contribution in [-0.2, 0) is 12.8 Å². The molecule has 0 aliphatic rings. The van der Waals surface area contributed by atoms with Gasteiger partial charge in [0.25, 0.3) is 0 Å². The van der Waals surface area contributed by atoms with Gasteiger partial charge < -0.3 is 4.74 Å². The smallest absolute Gasteiger partial charge is 0.216 e. The van der Waals surface area contributed by atoms with Gasteiger partial charge in [0.05, 0.1) is 7.11 Å². The van der Waals surface area contributed by atoms with E-state index >= 15 is 0 Å². The summed E-state index contributed by atoms with van der Waals surface area (Å²) in [5.74, 6) is 0.769. The molecule has 1 aromatic carbocycles. The lowest BCUT2D eigenvalue weighted by Gasteiger charge is -2.09. The molecule has 2 rings (SSSR count). The summed E-state index contributed by atoms with van der Waals surface area (Å²) >= 11 is 1.76. The zero-order valence-corrected chi connectivity index (χ0v) is 13.2. The molecule has 0 aliphatic carbocycles. The lowest BCUT2D eigenvalue weighted by Crippen LogP contribution is -1.99. The predicted molar refractivity (Wildman–Crippen MR) is 85.8 cm³/mol. The van der Waals surface area contributed by atoms with Crippen molar-refractivity contribution in [1.29, 1.82) is 0 Å². The third kappa shape index (κ3) is 3.76. The Labute approximate surface area is 125 Å². The summed E-state index contributed by atoms with van der Waals surface area (Å²) in [6.45, 7) is 2.17. The molecule has 1 heterocycles. The maximum Gasteiger partial charge on any atom is 0.216 e. The highest BCUT2D eigenvalue weighted by molar-refractivity contribution is 7.98. The monoisotopic (exact) mass is 287 g/mol. The van der Waals surface area contributed by atoms with E-state index < -0.39 is 0 Å². The van der Waals surface area contributed by atoms with E-state index in [1.54, 1.807) is 18.9 Å². The largest absolute Gasteiger partial charge is 0.481 e. The van der Waals surface area contributed by atoms with Gasteiger partial charge in [0.2, 0.25) is 5.88 Å². The highest BCUT2D eigenvalue weighted by Gasteiger charge is 2.06. The minimum Gasteiger partial charge on any atom is -0.481 e. The van der Waals surface area contributed by atoms with Crippen LogP contribution in [0.15, 0.2) is 41.3 Å². The zero-order chi connectivity index (χ0) is 14.4. The molecule has 20 heavy (non-hydrogen) atoms. The van der Waals surface area contributed by atoms with Gasteiger partial charge in [-0.1, -0.05) is 31.5 Å². The first kappa shape index (κ1) is 14.9. The van der Waals surface area contributed by atoms with E-state index in [0.717, 1.165) is 30.8 Å². The van der Waals surface area contributed by atoms with Crippen LogP contribution < -0.4 is 4.74 Å². The van der Waals surface area contributed by atoms with Crippen molar-refractivity contribution < 1.29 is 4.74 Å². The van der Waals surface area contributed by atoms with Gasteiger partial charge in [0.1, 0.15) is 0 Å². The van der Waals surface area contributed by atoms with E-state index in [1.165, 1.54) is 16.0 Å². The minimum atomic E-state index is 0.769. The van der Waals surface area contributed by atoms with Crippen molar-refractivity contribution in [2.45, 2.75) is 31.1 Å². The zero-order valence-electron chi connectivity index (χ0n) is 12.3. The second-order valence-electron chi connectivity index (χ2n) is 4.75. The quantitative estimate of drug-likeness (QED) is 0.737. The van der Waals surface area contributed by atoms with Crippen molar-refractivity contribution in [3.63, 3.8) is 0 Å². The van der Waals surface area contributed by atoms with Crippen molar-refractivity contribution in [2.24, 2.45) is 0 Å². The number of hydrogen-bond acceptors (Lipinski definition) is 3. The number of aromatic nitrogens is 1. The molecule has 0 atom stereocenters. The van der Waals surface area contributed by atoms with Crippen LogP contribution in [0.25, 0.3) is 0 Å². The van der Waals surface area contributed by atoms with Crippen LogP contribution in [0, 0.1) is 0 Å². The summed E-state index contributed by atoms with van der Waals surface area (Å²) in [6.07, 6.45) is 5.05. The maximum absolute atomic E-state index is 5.40. The van der Waals surface area contributed by atoms with Gasteiger partial charge in [-0.3, -0.25) is 0 Å². The fourth-order valence-corrected chi connectivity index (χ4v) is 2.60. The Morgan fingerprint density at radius 3 is 2.45 bits per heavy atom. The molecule has 0 bridgehead atoms. The molecule has 0 unspecified atom stereocenters. The minimum absolute atomic E-state index is 0.769. The second kappa shape index (κ2) is 7.34. The summed E-state index contributed by atoms with van der Waals surface area (Å²) < 4.78 is 5.40. The molecule has 0 amide bonds. The molecule has 0 N–H and O–H groups in total. The van der Waals surface area contributed by atoms with Crippen molar-refractivity contribution in [2.75, 3.05) is 13.4 Å². The maximum atomic E-state index is 5.40. The number of thioether (sulfide) groups is 1. The molecule has 3 heteroatoms. The van der Waals surface area contributed by atoms with Crippen LogP contribution in [0.3, 0.4) is 0 Å². The topological polar surface area (TPSA) is 22.1 Å². The van der Waals surface area contributed by atoms with Crippen molar-refractivity contribution in [3.05, 3.63) is 53.2 Å². The fourth-order valence-electron chi connectivity index (χ4n) is 2.19. The van der Waals surface area contributed by atoms with Crippen LogP contribution >= 0.6 is 11.8 Å². The average molecular weight is 287 g/mol. The van der Waals surface area contributed by atoms with Crippen LogP contribution in [-0.4, -0.2) is 18.3 Å². The van der Waals surface area contributed by atoms with E-state index in [0.29, 0.717) is 0 Å². The molecule has 0 saturated carbocycles. The van der Waals surface area contributed by atoms with Crippen molar-refractivity contribution >= 4 is 11.8 Å². The molecular weight excluding hydrogens is 266 g/mol. The Morgan fingerprint density at radius 1 is 1.10 bits per heavy atom. The van der Waals surface area contributed by atoms with E-state index in [-0.39, 0.29) is 0 Å². The molecule has 2 nitrogen and oxygen atoms in total. The molecule has 0 saturated heterocycles. The SMILES string of the molecule is CCCc1ccc(Cc2ccc(SC)cc2)nc1OC. The van der Waals surface area contributed by atoms with Crippen molar-refractivity contribution in [3.8, 4) is 5.88 Å². The first-order valence-corrected chi connectivity index (χ1v) is 8.15. The number of rotatable bonds is 6. The van der Waals surface area contributed by atoms with Gasteiger partial charge in [-0.2, -0.15) is 0 Å². The molecule has 1 aromatic heterocycles. The summed E-state index contributed by atoms with van der Waals surface area (Å²) in [7, 11) is 1.69. The van der Waals surface area contributed by atoms with E-state index in [9.17, 15) is 0 Å². The highest BCUT2D eigenvalue weighted by atomic mass is 32.2. The van der Waals surface area contributed by atoms with E-state index in [4.69, 9.17) is 4.74 Å². The molecule has 0 radical (unpaired) electrons. The summed E-state index contributed by atoms with van der Waals surface area (Å²) in [4.78, 5) is 5.91. The summed E-state index contributed by atoms with van der Waals surface area (Å²) in [5.41, 5.74) is 3.52. The van der Waals surface area contributed by atoms with Gasteiger partial charge in [-0.15, -0.1) is 11.8 Å². The lowest BCUT2D eigenvalue weighted by atomic mass is 10.1. The molecule has 106 valence electrons. The van der Waals surface area contributed by atoms with Crippen LogP contribution in [0.1, 0.15) is 30.2 Å². The normalized spacial score (nSPS) is 10.6. The lowest BCUT2D eigenvalue weighted by molar-refractivity contribution is 0.391. The fraction of sp³-hybridized carbons (Fsp3) is 0.353. The third-order valence-corrected chi connectivity index (χ3v) is 4.00. The summed E-state index contributed by atoms with van der Waals surface area (Å²) in [5, 5.41) is 0. The van der Waals surface area contributed by atoms with Gasteiger partial charge in [0, 0.05) is 22.6 Å². The Hall–Kier alpha value is -1.48. The third-order valence-electron chi connectivity index (χ3n) is 3.25. The predicted octanol–water partition coefficient (Wildman–Crippen LogP) is 4.36.